The molecule has 0 spiro atoms. The lowest BCUT2D eigenvalue weighted by atomic mass is 10.2. The zero-order chi connectivity index (χ0) is 18.2. The Kier molecular flexibility index (Phi) is 8.38. The van der Waals surface area contributed by atoms with E-state index in [4.69, 9.17) is 4.74 Å². The molecule has 0 heterocycles. The van der Waals surface area contributed by atoms with Crippen LogP contribution in [-0.2, 0) is 19.6 Å². The van der Waals surface area contributed by atoms with E-state index in [0.29, 0.717) is 19.6 Å². The SMILES string of the molecule is CCN(CC(=O)NCCCOC(C)C)S(=O)(=O)c1ccc(C)cc1. The van der Waals surface area contributed by atoms with E-state index in [1.54, 1.807) is 31.2 Å². The van der Waals surface area contributed by atoms with E-state index in [1.807, 2.05) is 20.8 Å². The van der Waals surface area contributed by atoms with Gasteiger partial charge in [0, 0.05) is 19.7 Å². The Morgan fingerprint density at radius 1 is 1.25 bits per heavy atom. The summed E-state index contributed by atoms with van der Waals surface area (Å²) in [6.45, 7) is 8.60. The number of nitrogens with zero attached hydrogens (tertiary/aromatic N) is 1. The Hall–Kier alpha value is -1.44. The van der Waals surface area contributed by atoms with Gasteiger partial charge in [0.2, 0.25) is 15.9 Å². The molecular formula is C17H28N2O4S. The van der Waals surface area contributed by atoms with Crippen LogP contribution >= 0.6 is 0 Å². The minimum absolute atomic E-state index is 0.163. The third-order valence-electron chi connectivity index (χ3n) is 3.43. The predicted molar refractivity (Wildman–Crippen MR) is 94.3 cm³/mol. The molecular weight excluding hydrogens is 328 g/mol. The predicted octanol–water partition coefficient (Wildman–Crippen LogP) is 1.94. The van der Waals surface area contributed by atoms with Crippen LogP contribution in [-0.4, -0.2) is 51.0 Å². The van der Waals surface area contributed by atoms with Crippen LogP contribution in [0.25, 0.3) is 0 Å². The largest absolute Gasteiger partial charge is 0.379 e. The molecule has 1 aromatic carbocycles. The van der Waals surface area contributed by atoms with E-state index < -0.39 is 10.0 Å². The molecule has 0 saturated carbocycles. The molecule has 1 rings (SSSR count). The standard InChI is InChI=1S/C17H28N2O4S/c1-5-19(13-17(20)18-11-6-12-23-14(2)3)24(21,22)16-9-7-15(4)8-10-16/h7-10,14H,5-6,11-13H2,1-4H3,(H,18,20). The third kappa shape index (κ3) is 6.59. The smallest absolute Gasteiger partial charge is 0.243 e. The number of ether oxygens (including phenoxy) is 1. The lowest BCUT2D eigenvalue weighted by Crippen LogP contribution is -2.41. The van der Waals surface area contributed by atoms with Gasteiger partial charge < -0.3 is 10.1 Å². The van der Waals surface area contributed by atoms with Gasteiger partial charge in [-0.2, -0.15) is 4.31 Å². The minimum atomic E-state index is -3.66. The van der Waals surface area contributed by atoms with Crippen LogP contribution < -0.4 is 5.32 Å². The summed E-state index contributed by atoms with van der Waals surface area (Å²) in [4.78, 5) is 12.2. The molecule has 0 aromatic heterocycles. The lowest BCUT2D eigenvalue weighted by molar-refractivity contribution is -0.121. The second kappa shape index (κ2) is 9.76. The number of carbonyl (C=O) groups is 1. The van der Waals surface area contributed by atoms with Crippen LogP contribution in [0.1, 0.15) is 32.8 Å². The molecule has 1 aromatic rings. The van der Waals surface area contributed by atoms with Gasteiger partial charge in [0.1, 0.15) is 0 Å². The summed E-state index contributed by atoms with van der Waals surface area (Å²) in [6.07, 6.45) is 0.858. The molecule has 1 N–H and O–H groups in total. The highest BCUT2D eigenvalue weighted by atomic mass is 32.2. The number of hydrogen-bond acceptors (Lipinski definition) is 4. The summed E-state index contributed by atoms with van der Waals surface area (Å²) in [6, 6.07) is 6.62. The van der Waals surface area contributed by atoms with E-state index in [-0.39, 0.29) is 30.0 Å². The van der Waals surface area contributed by atoms with Gasteiger partial charge in [0.05, 0.1) is 17.5 Å². The van der Waals surface area contributed by atoms with Gasteiger partial charge in [0.15, 0.2) is 0 Å². The van der Waals surface area contributed by atoms with Gasteiger partial charge in [-0.25, -0.2) is 8.42 Å². The van der Waals surface area contributed by atoms with Crippen LogP contribution in [0.15, 0.2) is 29.2 Å². The zero-order valence-electron chi connectivity index (χ0n) is 14.9. The quantitative estimate of drug-likeness (QED) is 0.650. The maximum Gasteiger partial charge on any atom is 0.243 e. The molecule has 0 atom stereocenters. The van der Waals surface area contributed by atoms with Crippen molar-refractivity contribution in [2.75, 3.05) is 26.2 Å². The fourth-order valence-electron chi connectivity index (χ4n) is 2.06. The fraction of sp³-hybridized carbons (Fsp3) is 0.588. The average Bonchev–Trinajstić information content (AvgIpc) is 2.52. The van der Waals surface area contributed by atoms with E-state index in [0.717, 1.165) is 5.56 Å². The highest BCUT2D eigenvalue weighted by molar-refractivity contribution is 7.89. The van der Waals surface area contributed by atoms with Crippen molar-refractivity contribution in [1.29, 1.82) is 0 Å². The molecule has 7 heteroatoms. The summed E-state index contributed by atoms with van der Waals surface area (Å²) in [5.41, 5.74) is 0.985. The first-order chi connectivity index (χ1) is 11.3. The number of benzene rings is 1. The molecule has 1 amide bonds. The molecule has 136 valence electrons. The Morgan fingerprint density at radius 2 is 1.88 bits per heavy atom. The minimum Gasteiger partial charge on any atom is -0.379 e. The Morgan fingerprint density at radius 3 is 2.42 bits per heavy atom. The first-order valence-corrected chi connectivity index (χ1v) is 9.66. The molecule has 6 nitrogen and oxygen atoms in total. The lowest BCUT2D eigenvalue weighted by Gasteiger charge is -2.20. The number of amides is 1. The molecule has 0 aliphatic heterocycles. The van der Waals surface area contributed by atoms with Gasteiger partial charge >= 0.3 is 0 Å². The van der Waals surface area contributed by atoms with Crippen molar-refractivity contribution in [2.45, 2.75) is 45.1 Å². The van der Waals surface area contributed by atoms with Crippen LogP contribution in [0.2, 0.25) is 0 Å². The molecule has 0 saturated heterocycles. The second-order valence-corrected chi connectivity index (χ2v) is 7.81. The fourth-order valence-corrected chi connectivity index (χ4v) is 3.47. The number of nitrogens with one attached hydrogen (secondary N) is 1. The molecule has 0 unspecified atom stereocenters. The number of sulfonamides is 1. The third-order valence-corrected chi connectivity index (χ3v) is 5.36. The van der Waals surface area contributed by atoms with Crippen LogP contribution in [0.5, 0.6) is 0 Å². The van der Waals surface area contributed by atoms with Crippen LogP contribution in [0.4, 0.5) is 0 Å². The van der Waals surface area contributed by atoms with E-state index >= 15 is 0 Å². The monoisotopic (exact) mass is 356 g/mol. The summed E-state index contributed by atoms with van der Waals surface area (Å²) in [5, 5.41) is 2.73. The van der Waals surface area contributed by atoms with Crippen molar-refractivity contribution < 1.29 is 17.9 Å². The topological polar surface area (TPSA) is 75.7 Å². The normalized spacial score (nSPS) is 11.9. The maximum atomic E-state index is 12.6. The van der Waals surface area contributed by atoms with Gasteiger partial charge in [-0.05, 0) is 39.3 Å². The Balaban J connectivity index is 2.56. The van der Waals surface area contributed by atoms with Gasteiger partial charge in [-0.15, -0.1) is 0 Å². The van der Waals surface area contributed by atoms with Gasteiger partial charge in [-0.3, -0.25) is 4.79 Å². The molecule has 0 aliphatic carbocycles. The van der Waals surface area contributed by atoms with Crippen molar-refractivity contribution in [3.63, 3.8) is 0 Å². The van der Waals surface area contributed by atoms with Gasteiger partial charge in [-0.1, -0.05) is 24.6 Å². The molecule has 24 heavy (non-hydrogen) atoms. The summed E-state index contributed by atoms with van der Waals surface area (Å²) >= 11 is 0. The number of rotatable bonds is 10. The van der Waals surface area contributed by atoms with Crippen molar-refractivity contribution in [3.05, 3.63) is 29.8 Å². The van der Waals surface area contributed by atoms with Crippen LogP contribution in [0, 0.1) is 6.92 Å². The zero-order valence-corrected chi connectivity index (χ0v) is 15.7. The van der Waals surface area contributed by atoms with E-state index in [9.17, 15) is 13.2 Å². The second-order valence-electron chi connectivity index (χ2n) is 5.87. The van der Waals surface area contributed by atoms with Gasteiger partial charge in [0.25, 0.3) is 0 Å². The maximum absolute atomic E-state index is 12.6. The first kappa shape index (κ1) is 20.6. The summed E-state index contributed by atoms with van der Waals surface area (Å²) in [7, 11) is -3.66. The number of aryl methyl sites for hydroxylation is 1. The molecule has 0 bridgehead atoms. The first-order valence-electron chi connectivity index (χ1n) is 8.22. The van der Waals surface area contributed by atoms with Crippen LogP contribution in [0.3, 0.4) is 0 Å². The summed E-state index contributed by atoms with van der Waals surface area (Å²) < 4.78 is 31.7. The highest BCUT2D eigenvalue weighted by Crippen LogP contribution is 2.15. The number of carbonyl (C=O) groups excluding carboxylic acids is 1. The Labute approximate surface area is 145 Å². The van der Waals surface area contributed by atoms with Crippen molar-refractivity contribution in [1.82, 2.24) is 9.62 Å². The Bertz CT molecular complexity index is 612. The number of hydrogen-bond donors (Lipinski definition) is 1. The highest BCUT2D eigenvalue weighted by Gasteiger charge is 2.24. The van der Waals surface area contributed by atoms with Crippen molar-refractivity contribution >= 4 is 15.9 Å². The van der Waals surface area contributed by atoms with E-state index in [1.165, 1.54) is 4.31 Å². The molecule has 0 radical (unpaired) electrons. The van der Waals surface area contributed by atoms with E-state index in [2.05, 4.69) is 5.32 Å². The van der Waals surface area contributed by atoms with Crippen molar-refractivity contribution in [2.24, 2.45) is 0 Å². The summed E-state index contributed by atoms with van der Waals surface area (Å²) in [5.74, 6) is -0.308. The molecule has 0 fully saturated rings. The molecule has 0 aliphatic rings. The van der Waals surface area contributed by atoms with Crippen molar-refractivity contribution in [3.8, 4) is 0 Å². The average molecular weight is 356 g/mol. The number of likely N-dealkylation sites (N-methyl/N-ethyl adjacent to an activating group) is 1.